The molecule has 0 saturated heterocycles. The Balaban J connectivity index is 2.15. The van der Waals surface area contributed by atoms with Crippen LogP contribution in [0.5, 0.6) is 0 Å². The van der Waals surface area contributed by atoms with Gasteiger partial charge >= 0.3 is 6.18 Å². The summed E-state index contributed by atoms with van der Waals surface area (Å²) < 4.78 is 65.9. The number of sulfonamides is 1. The lowest BCUT2D eigenvalue weighted by Crippen LogP contribution is -2.45. The molecule has 0 radical (unpaired) electrons. The van der Waals surface area contributed by atoms with Crippen LogP contribution < -0.4 is 10.5 Å². The van der Waals surface area contributed by atoms with Crippen LogP contribution in [0.25, 0.3) is 0 Å². The first-order valence-corrected chi connectivity index (χ1v) is 9.23. The van der Waals surface area contributed by atoms with Gasteiger partial charge in [-0.15, -0.1) is 0 Å². The van der Waals surface area contributed by atoms with Crippen molar-refractivity contribution in [1.82, 2.24) is 4.72 Å². The van der Waals surface area contributed by atoms with E-state index in [0.717, 1.165) is 31.7 Å². The van der Waals surface area contributed by atoms with Crippen molar-refractivity contribution in [2.24, 2.45) is 11.7 Å². The summed E-state index contributed by atoms with van der Waals surface area (Å²) in [7, 11) is -3.90. The van der Waals surface area contributed by atoms with Crippen molar-refractivity contribution >= 4 is 10.0 Å². The predicted molar refractivity (Wildman–Crippen MR) is 82.0 cm³/mol. The van der Waals surface area contributed by atoms with Crippen molar-refractivity contribution in [1.29, 1.82) is 0 Å². The Morgan fingerprint density at radius 2 is 1.83 bits per heavy atom. The molecule has 8 heteroatoms. The quantitative estimate of drug-likeness (QED) is 0.828. The summed E-state index contributed by atoms with van der Waals surface area (Å²) in [5.41, 5.74) is 4.47. The third kappa shape index (κ3) is 4.92. The van der Waals surface area contributed by atoms with Crippen LogP contribution >= 0.6 is 0 Å². The lowest BCUT2D eigenvalue weighted by Gasteiger charge is -2.23. The first-order valence-electron chi connectivity index (χ1n) is 7.58. The van der Waals surface area contributed by atoms with Crippen LogP contribution in [0.15, 0.2) is 24.3 Å². The van der Waals surface area contributed by atoms with Gasteiger partial charge < -0.3 is 5.73 Å². The Bertz CT molecular complexity index is 626. The SMILES string of the molecule is NCC(NS(=O)(=O)Cc1ccccc1C(F)(F)F)C1CCCC1. The molecule has 0 bridgehead atoms. The zero-order valence-corrected chi connectivity index (χ0v) is 13.5. The second-order valence-corrected chi connectivity index (χ2v) is 7.67. The summed E-state index contributed by atoms with van der Waals surface area (Å²) in [6.07, 6.45) is -0.739. The summed E-state index contributed by atoms with van der Waals surface area (Å²) in [4.78, 5) is 0. The maximum Gasteiger partial charge on any atom is 0.416 e. The molecule has 1 aromatic carbocycles. The Morgan fingerprint density at radius 3 is 2.39 bits per heavy atom. The average Bonchev–Trinajstić information content (AvgIpc) is 2.98. The van der Waals surface area contributed by atoms with Gasteiger partial charge in [0.2, 0.25) is 10.0 Å². The third-order valence-electron chi connectivity index (χ3n) is 4.22. The van der Waals surface area contributed by atoms with E-state index in [0.29, 0.717) is 0 Å². The van der Waals surface area contributed by atoms with E-state index in [-0.39, 0.29) is 18.0 Å². The van der Waals surface area contributed by atoms with Crippen LogP contribution in [-0.2, 0) is 22.0 Å². The number of alkyl halides is 3. The van der Waals surface area contributed by atoms with Crippen molar-refractivity contribution in [3.63, 3.8) is 0 Å². The molecule has 0 aliphatic heterocycles. The average molecular weight is 350 g/mol. The van der Waals surface area contributed by atoms with Crippen LogP contribution in [0.4, 0.5) is 13.2 Å². The largest absolute Gasteiger partial charge is 0.416 e. The Hall–Kier alpha value is -1.12. The summed E-state index contributed by atoms with van der Waals surface area (Å²) in [5.74, 6) is -0.543. The van der Waals surface area contributed by atoms with E-state index in [2.05, 4.69) is 4.72 Å². The molecule has 2 rings (SSSR count). The fourth-order valence-electron chi connectivity index (χ4n) is 3.10. The molecule has 1 atom stereocenters. The third-order valence-corrected chi connectivity index (χ3v) is 5.57. The van der Waals surface area contributed by atoms with Crippen molar-refractivity contribution in [2.75, 3.05) is 6.54 Å². The highest BCUT2D eigenvalue weighted by molar-refractivity contribution is 7.88. The van der Waals surface area contributed by atoms with Gasteiger partial charge in [0.25, 0.3) is 0 Å². The van der Waals surface area contributed by atoms with Crippen molar-refractivity contribution in [2.45, 2.75) is 43.7 Å². The number of nitrogens with one attached hydrogen (secondary N) is 1. The van der Waals surface area contributed by atoms with Gasteiger partial charge in [-0.3, -0.25) is 0 Å². The van der Waals surface area contributed by atoms with E-state index in [1.807, 2.05) is 0 Å². The Morgan fingerprint density at radius 1 is 1.22 bits per heavy atom. The fourth-order valence-corrected chi connectivity index (χ4v) is 4.59. The summed E-state index contributed by atoms with van der Waals surface area (Å²) in [5, 5.41) is 0. The lowest BCUT2D eigenvalue weighted by atomic mass is 9.99. The highest BCUT2D eigenvalue weighted by atomic mass is 32.2. The number of halogens is 3. The number of rotatable bonds is 6. The van der Waals surface area contributed by atoms with Gasteiger partial charge in [-0.25, -0.2) is 13.1 Å². The maximum absolute atomic E-state index is 13.0. The zero-order chi connectivity index (χ0) is 17.1. The van der Waals surface area contributed by atoms with E-state index < -0.39 is 33.6 Å². The molecule has 0 amide bonds. The lowest BCUT2D eigenvalue weighted by molar-refractivity contribution is -0.138. The fraction of sp³-hybridized carbons (Fsp3) is 0.600. The molecule has 1 aliphatic rings. The van der Waals surface area contributed by atoms with Gasteiger partial charge in [0.1, 0.15) is 0 Å². The smallest absolute Gasteiger partial charge is 0.329 e. The molecule has 0 aromatic heterocycles. The standard InChI is InChI=1S/C15H21F3N2O2S/c16-15(17,18)13-8-4-3-7-12(13)10-23(21,22)20-14(9-19)11-5-1-2-6-11/h3-4,7-8,11,14,20H,1-2,5-6,9-10,19H2. The molecule has 1 fully saturated rings. The molecule has 1 unspecified atom stereocenters. The predicted octanol–water partition coefficient (Wildman–Crippen LogP) is 2.64. The molecule has 0 heterocycles. The molecule has 0 spiro atoms. The Kier molecular flexibility index (Phi) is 5.70. The molecule has 3 N–H and O–H groups in total. The summed E-state index contributed by atoms with van der Waals surface area (Å²) in [6.45, 7) is 0.144. The van der Waals surface area contributed by atoms with Gasteiger partial charge in [-0.2, -0.15) is 13.2 Å². The summed E-state index contributed by atoms with van der Waals surface area (Å²) in [6, 6.07) is 4.31. The van der Waals surface area contributed by atoms with Crippen molar-refractivity contribution in [3.8, 4) is 0 Å². The van der Waals surface area contributed by atoms with Crippen LogP contribution in [-0.4, -0.2) is 21.0 Å². The van der Waals surface area contributed by atoms with Crippen molar-refractivity contribution in [3.05, 3.63) is 35.4 Å². The highest BCUT2D eigenvalue weighted by Gasteiger charge is 2.35. The van der Waals surface area contributed by atoms with E-state index in [1.54, 1.807) is 0 Å². The molecule has 1 aromatic rings. The molecule has 1 saturated carbocycles. The van der Waals surface area contributed by atoms with Crippen LogP contribution in [0, 0.1) is 5.92 Å². The normalized spacial score (nSPS) is 18.3. The number of benzene rings is 1. The van der Waals surface area contributed by atoms with Crippen LogP contribution in [0.1, 0.15) is 36.8 Å². The number of nitrogens with two attached hydrogens (primary N) is 1. The van der Waals surface area contributed by atoms with Gasteiger partial charge in [0, 0.05) is 12.6 Å². The minimum absolute atomic E-state index is 0.144. The number of hydrogen-bond donors (Lipinski definition) is 2. The number of hydrogen-bond acceptors (Lipinski definition) is 3. The van der Waals surface area contributed by atoms with Crippen molar-refractivity contribution < 1.29 is 21.6 Å². The molecular formula is C15H21F3N2O2S. The van der Waals surface area contributed by atoms with Gasteiger partial charge in [0.15, 0.2) is 0 Å². The molecule has 23 heavy (non-hydrogen) atoms. The monoisotopic (exact) mass is 350 g/mol. The zero-order valence-electron chi connectivity index (χ0n) is 12.6. The van der Waals surface area contributed by atoms with Gasteiger partial charge in [-0.05, 0) is 30.4 Å². The van der Waals surface area contributed by atoms with E-state index in [1.165, 1.54) is 18.2 Å². The van der Waals surface area contributed by atoms with Gasteiger partial charge in [0.05, 0.1) is 11.3 Å². The molecular weight excluding hydrogens is 329 g/mol. The minimum atomic E-state index is -4.58. The van der Waals surface area contributed by atoms with Crippen LogP contribution in [0.2, 0.25) is 0 Å². The first kappa shape index (κ1) is 18.2. The molecule has 1 aliphatic carbocycles. The topological polar surface area (TPSA) is 72.2 Å². The highest BCUT2D eigenvalue weighted by Crippen LogP contribution is 2.33. The molecule has 130 valence electrons. The summed E-state index contributed by atoms with van der Waals surface area (Å²) >= 11 is 0. The second-order valence-electron chi connectivity index (χ2n) is 5.92. The van der Waals surface area contributed by atoms with E-state index in [4.69, 9.17) is 5.73 Å². The molecule has 4 nitrogen and oxygen atoms in total. The maximum atomic E-state index is 13.0. The second kappa shape index (κ2) is 7.19. The first-order chi connectivity index (χ1) is 10.7. The Labute approximate surface area is 134 Å². The van der Waals surface area contributed by atoms with E-state index >= 15 is 0 Å². The van der Waals surface area contributed by atoms with E-state index in [9.17, 15) is 21.6 Å². The van der Waals surface area contributed by atoms with Gasteiger partial charge in [-0.1, -0.05) is 31.0 Å². The minimum Gasteiger partial charge on any atom is -0.329 e. The van der Waals surface area contributed by atoms with Crippen LogP contribution in [0.3, 0.4) is 0 Å².